The van der Waals surface area contributed by atoms with Crippen LogP contribution in [0.4, 0.5) is 5.82 Å². The molecule has 8 heteroatoms. The number of hydrogen-bond donors (Lipinski definition) is 1. The van der Waals surface area contributed by atoms with Crippen LogP contribution in [0.25, 0.3) is 0 Å². The van der Waals surface area contributed by atoms with Gasteiger partial charge < -0.3 is 10.2 Å². The number of carbonyl (C=O) groups excluding carboxylic acids is 1. The van der Waals surface area contributed by atoms with E-state index in [-0.39, 0.29) is 5.91 Å². The molecule has 2 aromatic heterocycles. The molecule has 0 bridgehead atoms. The number of carbonyl (C=O) groups is 1. The van der Waals surface area contributed by atoms with Gasteiger partial charge in [-0.15, -0.1) is 0 Å². The largest absolute Gasteiger partial charge is 0.356 e. The summed E-state index contributed by atoms with van der Waals surface area (Å²) in [4.78, 5) is 27.6. The molecule has 0 unspecified atom stereocenters. The van der Waals surface area contributed by atoms with Gasteiger partial charge in [0, 0.05) is 49.4 Å². The summed E-state index contributed by atoms with van der Waals surface area (Å²) in [5.41, 5.74) is 2.69. The van der Waals surface area contributed by atoms with Gasteiger partial charge in [-0.25, -0.2) is 9.97 Å². The van der Waals surface area contributed by atoms with Gasteiger partial charge in [-0.05, 0) is 42.2 Å². The highest BCUT2D eigenvalue weighted by atomic mass is 35.5. The zero-order valence-electron chi connectivity index (χ0n) is 16.4. The summed E-state index contributed by atoms with van der Waals surface area (Å²) in [7, 11) is 0. The Morgan fingerprint density at radius 2 is 1.90 bits per heavy atom. The second-order valence-electron chi connectivity index (χ2n) is 7.06. The smallest absolute Gasteiger partial charge is 0.251 e. The number of rotatable bonds is 7. The molecule has 0 spiro atoms. The van der Waals surface area contributed by atoms with Gasteiger partial charge in [-0.2, -0.15) is 0 Å². The molecule has 0 atom stereocenters. The van der Waals surface area contributed by atoms with Crippen molar-refractivity contribution >= 4 is 35.1 Å². The molecule has 0 saturated carbocycles. The predicted octanol–water partition coefficient (Wildman–Crippen LogP) is 4.35. The molecule has 154 valence electrons. The van der Waals surface area contributed by atoms with Gasteiger partial charge in [-0.1, -0.05) is 41.6 Å². The van der Waals surface area contributed by atoms with Crippen molar-refractivity contribution in [1.29, 1.82) is 0 Å². The molecule has 4 rings (SSSR count). The van der Waals surface area contributed by atoms with E-state index >= 15 is 0 Å². The topological polar surface area (TPSA) is 71.0 Å². The van der Waals surface area contributed by atoms with Crippen molar-refractivity contribution in [3.63, 3.8) is 0 Å². The molecule has 1 aliphatic rings. The van der Waals surface area contributed by atoms with E-state index in [9.17, 15) is 4.79 Å². The highest BCUT2D eigenvalue weighted by molar-refractivity contribution is 7.98. The molecular formula is C22H22ClN5OS. The lowest BCUT2D eigenvalue weighted by Crippen LogP contribution is -2.22. The lowest BCUT2D eigenvalue weighted by molar-refractivity contribution is 0.0951. The number of anilines is 1. The summed E-state index contributed by atoms with van der Waals surface area (Å²) in [6.07, 6.45) is 5.83. The molecule has 3 aromatic rings. The average molecular weight is 440 g/mol. The first-order valence-corrected chi connectivity index (χ1v) is 11.2. The van der Waals surface area contributed by atoms with Crippen molar-refractivity contribution in [2.75, 3.05) is 18.0 Å². The number of amides is 1. The minimum atomic E-state index is -0.105. The van der Waals surface area contributed by atoms with Gasteiger partial charge in [0.2, 0.25) is 0 Å². The normalized spacial score (nSPS) is 13.4. The fraction of sp³-hybridized carbons (Fsp3) is 0.273. The molecule has 1 fully saturated rings. The minimum Gasteiger partial charge on any atom is -0.356 e. The Hall–Kier alpha value is -2.64. The maximum Gasteiger partial charge on any atom is 0.251 e. The summed E-state index contributed by atoms with van der Waals surface area (Å²) in [5, 5.41) is 4.05. The number of hydrogen-bond acceptors (Lipinski definition) is 6. The lowest BCUT2D eigenvalue weighted by atomic mass is 10.1. The van der Waals surface area contributed by atoms with E-state index < -0.39 is 0 Å². The Balaban J connectivity index is 1.33. The van der Waals surface area contributed by atoms with Gasteiger partial charge in [0.25, 0.3) is 5.91 Å². The van der Waals surface area contributed by atoms with E-state index in [2.05, 4.69) is 25.2 Å². The minimum absolute atomic E-state index is 0.105. The Bertz CT molecular complexity index is 994. The van der Waals surface area contributed by atoms with Crippen LogP contribution in [0.5, 0.6) is 0 Å². The summed E-state index contributed by atoms with van der Waals surface area (Å²) >= 11 is 7.74. The van der Waals surface area contributed by atoms with Gasteiger partial charge >= 0.3 is 0 Å². The van der Waals surface area contributed by atoms with Crippen molar-refractivity contribution < 1.29 is 4.79 Å². The number of nitrogens with one attached hydrogen (secondary N) is 1. The highest BCUT2D eigenvalue weighted by Crippen LogP contribution is 2.26. The van der Waals surface area contributed by atoms with Crippen molar-refractivity contribution in [3.8, 4) is 0 Å². The van der Waals surface area contributed by atoms with E-state index in [1.807, 2.05) is 42.5 Å². The maximum absolute atomic E-state index is 12.3. The van der Waals surface area contributed by atoms with E-state index in [1.54, 1.807) is 24.2 Å². The van der Waals surface area contributed by atoms with Crippen molar-refractivity contribution in [3.05, 3.63) is 76.7 Å². The Kier molecular flexibility index (Phi) is 6.81. The number of halogens is 1. The van der Waals surface area contributed by atoms with Crippen LogP contribution in [0.1, 0.15) is 34.3 Å². The molecule has 0 aliphatic carbocycles. The quantitative estimate of drug-likeness (QED) is 0.335. The number of thioether (sulfide) groups is 1. The summed E-state index contributed by atoms with van der Waals surface area (Å²) in [6, 6.07) is 13.2. The molecule has 1 N–H and O–H groups in total. The predicted molar refractivity (Wildman–Crippen MR) is 120 cm³/mol. The van der Waals surface area contributed by atoms with Crippen molar-refractivity contribution in [1.82, 2.24) is 20.3 Å². The van der Waals surface area contributed by atoms with Crippen molar-refractivity contribution in [2.45, 2.75) is 30.3 Å². The molecule has 1 aromatic carbocycles. The monoisotopic (exact) mass is 439 g/mol. The van der Waals surface area contributed by atoms with Crippen LogP contribution in [-0.2, 0) is 12.3 Å². The van der Waals surface area contributed by atoms with Crippen LogP contribution >= 0.6 is 23.4 Å². The second kappa shape index (κ2) is 9.91. The summed E-state index contributed by atoms with van der Waals surface area (Å²) in [6.45, 7) is 2.49. The molecule has 1 aliphatic heterocycles. The molecule has 0 radical (unpaired) electrons. The zero-order chi connectivity index (χ0) is 20.8. The SMILES string of the molecule is O=C(NCc1cccnc1)c1ccc(CSc2nc(Cl)cc(N3CCCC3)n2)cc1. The lowest BCUT2D eigenvalue weighted by Gasteiger charge is -2.16. The first kappa shape index (κ1) is 20.6. The van der Waals surface area contributed by atoms with E-state index in [4.69, 9.17) is 11.6 Å². The standard InChI is InChI=1S/C22H22ClN5OS/c23-19-12-20(28-10-1-2-11-28)27-22(26-19)30-15-16-5-7-18(8-6-16)21(29)25-14-17-4-3-9-24-13-17/h3-9,12-13H,1-2,10-11,14-15H2,(H,25,29). The Morgan fingerprint density at radius 1 is 1.10 bits per heavy atom. The molecular weight excluding hydrogens is 418 g/mol. The number of aromatic nitrogens is 3. The number of nitrogens with zero attached hydrogens (tertiary/aromatic N) is 4. The molecule has 30 heavy (non-hydrogen) atoms. The van der Waals surface area contributed by atoms with Gasteiger partial charge in [0.1, 0.15) is 11.0 Å². The van der Waals surface area contributed by atoms with Crippen LogP contribution in [0.3, 0.4) is 0 Å². The van der Waals surface area contributed by atoms with E-state index in [1.165, 1.54) is 12.8 Å². The first-order valence-electron chi connectivity index (χ1n) is 9.86. The van der Waals surface area contributed by atoms with E-state index in [0.29, 0.717) is 28.2 Å². The van der Waals surface area contributed by atoms with Gasteiger partial charge in [0.15, 0.2) is 5.16 Å². The maximum atomic E-state index is 12.3. The van der Waals surface area contributed by atoms with E-state index in [0.717, 1.165) is 30.0 Å². The summed E-state index contributed by atoms with van der Waals surface area (Å²) in [5.74, 6) is 1.50. The second-order valence-corrected chi connectivity index (χ2v) is 8.38. The van der Waals surface area contributed by atoms with Crippen LogP contribution in [-0.4, -0.2) is 33.9 Å². The first-order chi connectivity index (χ1) is 14.7. The van der Waals surface area contributed by atoms with Crippen LogP contribution in [0, 0.1) is 0 Å². The molecule has 3 heterocycles. The fourth-order valence-electron chi connectivity index (χ4n) is 3.25. The Morgan fingerprint density at radius 3 is 2.63 bits per heavy atom. The molecule has 6 nitrogen and oxygen atoms in total. The van der Waals surface area contributed by atoms with Gasteiger partial charge in [-0.3, -0.25) is 9.78 Å². The highest BCUT2D eigenvalue weighted by Gasteiger charge is 2.15. The third-order valence-corrected chi connectivity index (χ3v) is 5.96. The average Bonchev–Trinajstić information content (AvgIpc) is 3.32. The van der Waals surface area contributed by atoms with Gasteiger partial charge in [0.05, 0.1) is 0 Å². The fourth-order valence-corrected chi connectivity index (χ4v) is 4.28. The Labute approximate surface area is 185 Å². The van der Waals surface area contributed by atoms with Crippen LogP contribution < -0.4 is 10.2 Å². The summed E-state index contributed by atoms with van der Waals surface area (Å²) < 4.78 is 0. The number of pyridine rings is 1. The molecule has 1 saturated heterocycles. The zero-order valence-corrected chi connectivity index (χ0v) is 18.0. The van der Waals surface area contributed by atoms with Crippen molar-refractivity contribution in [2.24, 2.45) is 0 Å². The third kappa shape index (κ3) is 5.49. The molecule has 1 amide bonds. The van der Waals surface area contributed by atoms with Crippen LogP contribution in [0.15, 0.2) is 60.0 Å². The van der Waals surface area contributed by atoms with Crippen LogP contribution in [0.2, 0.25) is 5.15 Å². The third-order valence-electron chi connectivity index (χ3n) is 4.85. The number of benzene rings is 1.